The maximum Gasteiger partial charge on any atom is 0.223 e. The van der Waals surface area contributed by atoms with Gasteiger partial charge in [-0.1, -0.05) is 13.8 Å². The van der Waals surface area contributed by atoms with Gasteiger partial charge >= 0.3 is 0 Å². The number of rotatable bonds is 4. The molecule has 4 aliphatic carbocycles. The van der Waals surface area contributed by atoms with Crippen molar-refractivity contribution in [2.24, 2.45) is 17.3 Å². The Morgan fingerprint density at radius 2 is 1.93 bits per heavy atom. The van der Waals surface area contributed by atoms with Gasteiger partial charge in [-0.15, -0.1) is 0 Å². The summed E-state index contributed by atoms with van der Waals surface area (Å²) in [6.07, 6.45) is 9.14. The van der Waals surface area contributed by atoms with E-state index >= 15 is 0 Å². The van der Waals surface area contributed by atoms with Crippen LogP contribution in [0.5, 0.6) is 0 Å². The number of H-pyrrole nitrogens is 1. The van der Waals surface area contributed by atoms with Crippen molar-refractivity contribution in [3.05, 3.63) is 17.5 Å². The Balaban J connectivity index is 1.20. The minimum absolute atomic E-state index is 0.0856. The number of aromatic nitrogens is 2. The first kappa shape index (κ1) is 18.7. The minimum Gasteiger partial charge on any atom is -0.390 e. The Hall–Kier alpha value is -1.36. The molecule has 0 aromatic carbocycles. The maximum absolute atomic E-state index is 13.1. The molecule has 28 heavy (non-hydrogen) atoms. The summed E-state index contributed by atoms with van der Waals surface area (Å²) in [5.74, 6) is 2.57. The topological polar surface area (TPSA) is 69.2 Å². The highest BCUT2D eigenvalue weighted by Crippen LogP contribution is 2.62. The van der Waals surface area contributed by atoms with E-state index in [2.05, 4.69) is 35.0 Å². The van der Waals surface area contributed by atoms with E-state index < -0.39 is 5.60 Å². The lowest BCUT2D eigenvalue weighted by atomic mass is 9.47. The van der Waals surface area contributed by atoms with E-state index in [0.717, 1.165) is 50.9 Å². The Morgan fingerprint density at radius 1 is 1.25 bits per heavy atom. The van der Waals surface area contributed by atoms with Crippen LogP contribution in [0.25, 0.3) is 0 Å². The number of piperidine rings is 1. The lowest BCUT2D eigenvalue weighted by Gasteiger charge is -2.60. The van der Waals surface area contributed by atoms with Crippen molar-refractivity contribution in [1.29, 1.82) is 0 Å². The Kier molecular flexibility index (Phi) is 4.38. The normalized spacial score (nSPS) is 37.8. The molecule has 0 radical (unpaired) electrons. The molecular weight excluding hydrogens is 350 g/mol. The van der Waals surface area contributed by atoms with Crippen LogP contribution in [-0.4, -0.2) is 44.8 Å². The minimum atomic E-state index is -0.466. The fourth-order valence-corrected chi connectivity index (χ4v) is 7.34. The molecule has 0 unspecified atom stereocenters. The number of nitrogens with zero attached hydrogens (tertiary/aromatic N) is 2. The van der Waals surface area contributed by atoms with Crippen molar-refractivity contribution < 1.29 is 9.90 Å². The van der Waals surface area contributed by atoms with Gasteiger partial charge in [0.2, 0.25) is 5.91 Å². The molecular formula is C23H35N3O2. The second-order valence-electron chi connectivity index (χ2n) is 10.9. The first-order chi connectivity index (χ1) is 13.3. The summed E-state index contributed by atoms with van der Waals surface area (Å²) in [6, 6.07) is 2.21. The number of aliphatic hydroxyl groups is 1. The Bertz CT molecular complexity index is 733. The molecule has 5 nitrogen and oxygen atoms in total. The van der Waals surface area contributed by atoms with Gasteiger partial charge in [0.25, 0.3) is 0 Å². The average molecular weight is 386 g/mol. The van der Waals surface area contributed by atoms with E-state index in [4.69, 9.17) is 0 Å². The smallest absolute Gasteiger partial charge is 0.223 e. The van der Waals surface area contributed by atoms with E-state index in [0.29, 0.717) is 36.0 Å². The van der Waals surface area contributed by atoms with Crippen molar-refractivity contribution in [2.45, 2.75) is 89.1 Å². The van der Waals surface area contributed by atoms with Crippen LogP contribution < -0.4 is 0 Å². The first-order valence-electron chi connectivity index (χ1n) is 11.4. The van der Waals surface area contributed by atoms with E-state index in [9.17, 15) is 9.90 Å². The third-order valence-corrected chi connectivity index (χ3v) is 8.17. The van der Waals surface area contributed by atoms with Crippen LogP contribution in [-0.2, 0) is 4.79 Å². The van der Waals surface area contributed by atoms with Gasteiger partial charge in [0.1, 0.15) is 0 Å². The first-order valence-corrected chi connectivity index (χ1v) is 11.4. The van der Waals surface area contributed by atoms with Crippen LogP contribution in [0.2, 0.25) is 0 Å². The van der Waals surface area contributed by atoms with Crippen molar-refractivity contribution >= 4 is 5.91 Å². The number of likely N-dealkylation sites (tertiary alicyclic amines) is 1. The molecule has 0 spiro atoms. The number of hydrogen-bond donors (Lipinski definition) is 2. The second-order valence-corrected chi connectivity index (χ2v) is 10.9. The average Bonchev–Trinajstić information content (AvgIpc) is 3.09. The summed E-state index contributed by atoms with van der Waals surface area (Å²) in [5, 5.41) is 18.6. The molecule has 154 valence electrons. The number of aromatic amines is 1. The fourth-order valence-electron chi connectivity index (χ4n) is 7.34. The summed E-state index contributed by atoms with van der Waals surface area (Å²) in [4.78, 5) is 15.2. The number of amides is 1. The highest BCUT2D eigenvalue weighted by molar-refractivity contribution is 5.77. The van der Waals surface area contributed by atoms with Crippen LogP contribution in [0.15, 0.2) is 6.07 Å². The van der Waals surface area contributed by atoms with Crippen LogP contribution in [0.4, 0.5) is 0 Å². The Labute approximate surface area is 168 Å². The summed E-state index contributed by atoms with van der Waals surface area (Å²) < 4.78 is 0. The standard InChI is InChI=1S/C23H35N3O2/c1-15(2)19-8-20(25-24-19)18-3-5-26(6-4-18)21(27)13-22-9-16-7-17(10-22)12-23(28,11-16)14-22/h8,15-18,28H,3-7,9-14H2,1-2H3,(H,24,25)/t16-,17-,22?,23?/m1/s1. The number of carbonyl (C=O) groups is 1. The molecule has 4 saturated carbocycles. The SMILES string of the molecule is CC(C)c1cc(C2CCN(C(=O)CC34C[C@H]5C[C@@H](CC(O)(C5)C3)C4)CC2)[nH]n1. The fraction of sp³-hybridized carbons (Fsp3) is 0.826. The molecule has 5 aliphatic rings. The Morgan fingerprint density at radius 3 is 2.50 bits per heavy atom. The predicted octanol–water partition coefficient (Wildman–Crippen LogP) is 3.96. The molecule has 6 rings (SSSR count). The van der Waals surface area contributed by atoms with E-state index in [1.807, 2.05) is 0 Å². The molecule has 5 heteroatoms. The summed E-state index contributed by atoms with van der Waals surface area (Å²) >= 11 is 0. The third kappa shape index (κ3) is 3.30. The van der Waals surface area contributed by atoms with Crippen molar-refractivity contribution in [3.8, 4) is 0 Å². The van der Waals surface area contributed by atoms with Gasteiger partial charge in [-0.2, -0.15) is 5.10 Å². The van der Waals surface area contributed by atoms with Crippen molar-refractivity contribution in [2.75, 3.05) is 13.1 Å². The quantitative estimate of drug-likeness (QED) is 0.824. The zero-order valence-corrected chi connectivity index (χ0v) is 17.4. The molecule has 2 atom stereocenters. The van der Waals surface area contributed by atoms with Gasteiger partial charge in [-0.25, -0.2) is 0 Å². The number of carbonyl (C=O) groups excluding carboxylic acids is 1. The lowest BCUT2D eigenvalue weighted by molar-refractivity contribution is -0.172. The van der Waals surface area contributed by atoms with Crippen molar-refractivity contribution in [1.82, 2.24) is 15.1 Å². The van der Waals surface area contributed by atoms with Crippen LogP contribution in [0.3, 0.4) is 0 Å². The highest BCUT2D eigenvalue weighted by Gasteiger charge is 2.57. The van der Waals surface area contributed by atoms with Crippen LogP contribution >= 0.6 is 0 Å². The summed E-state index contributed by atoms with van der Waals surface area (Å²) in [7, 11) is 0. The molecule has 2 N–H and O–H groups in total. The highest BCUT2D eigenvalue weighted by atomic mass is 16.3. The van der Waals surface area contributed by atoms with Crippen LogP contribution in [0, 0.1) is 17.3 Å². The predicted molar refractivity (Wildman–Crippen MR) is 108 cm³/mol. The van der Waals surface area contributed by atoms with Gasteiger partial charge < -0.3 is 10.0 Å². The zero-order valence-electron chi connectivity index (χ0n) is 17.4. The van der Waals surface area contributed by atoms with E-state index in [1.54, 1.807) is 0 Å². The van der Waals surface area contributed by atoms with Gasteiger partial charge in [0.15, 0.2) is 0 Å². The second kappa shape index (κ2) is 6.58. The molecule has 1 aromatic heterocycles. The van der Waals surface area contributed by atoms with Gasteiger partial charge in [0.05, 0.1) is 11.3 Å². The summed E-state index contributed by atoms with van der Waals surface area (Å²) in [5.41, 5.74) is 1.99. The third-order valence-electron chi connectivity index (χ3n) is 8.17. The number of nitrogens with one attached hydrogen (secondary N) is 1. The van der Waals surface area contributed by atoms with Gasteiger partial charge in [-0.3, -0.25) is 9.89 Å². The van der Waals surface area contributed by atoms with Gasteiger partial charge in [-0.05, 0) is 80.6 Å². The molecule has 4 bridgehead atoms. The molecule has 1 aliphatic heterocycles. The monoisotopic (exact) mass is 385 g/mol. The van der Waals surface area contributed by atoms with Gasteiger partial charge in [0, 0.05) is 31.1 Å². The van der Waals surface area contributed by atoms with Crippen LogP contribution in [0.1, 0.15) is 94.9 Å². The molecule has 1 saturated heterocycles. The maximum atomic E-state index is 13.1. The molecule has 1 aromatic rings. The summed E-state index contributed by atoms with van der Waals surface area (Å²) in [6.45, 7) is 6.05. The largest absolute Gasteiger partial charge is 0.390 e. The van der Waals surface area contributed by atoms with Crippen molar-refractivity contribution in [3.63, 3.8) is 0 Å². The van der Waals surface area contributed by atoms with E-state index in [1.165, 1.54) is 25.0 Å². The zero-order chi connectivity index (χ0) is 19.5. The molecule has 1 amide bonds. The molecule has 5 fully saturated rings. The van der Waals surface area contributed by atoms with E-state index in [-0.39, 0.29) is 5.41 Å². The molecule has 2 heterocycles. The lowest BCUT2D eigenvalue weighted by Crippen LogP contribution is -2.56. The number of hydrogen-bond acceptors (Lipinski definition) is 3.